The quantitative estimate of drug-likeness (QED) is 0.796. The number of hydrogen-bond acceptors (Lipinski definition) is 4. The van der Waals surface area contributed by atoms with E-state index in [1.54, 1.807) is 17.8 Å². The normalized spacial score (nSPS) is 16.6. The Morgan fingerprint density at radius 3 is 2.75 bits per heavy atom. The predicted molar refractivity (Wildman–Crippen MR) is 92.8 cm³/mol. The minimum Gasteiger partial charge on any atom is -0.250 e. The average molecular weight is 346 g/mol. The molecule has 1 aliphatic rings. The zero-order valence-corrected chi connectivity index (χ0v) is 14.9. The van der Waals surface area contributed by atoms with Crippen molar-refractivity contribution >= 4 is 21.1 Å². The van der Waals surface area contributed by atoms with Crippen molar-refractivity contribution < 1.29 is 8.42 Å². The molecule has 0 aliphatic heterocycles. The van der Waals surface area contributed by atoms with Gasteiger partial charge in [-0.25, -0.2) is 13.4 Å². The standard InChI is InChI=1S/C17H22N4O2S/c1-4-10-21(14-8-6-5-7-9-14)24(22,23)15-11-16-13(2)19-20(3)17(16)18-12-15/h1,11-12,14H,5-10H2,2-3H3. The Hall–Kier alpha value is -1.91. The van der Waals surface area contributed by atoms with E-state index in [1.807, 2.05) is 6.92 Å². The van der Waals surface area contributed by atoms with Crippen LogP contribution in [0.5, 0.6) is 0 Å². The largest absolute Gasteiger partial charge is 0.250 e. The molecule has 0 saturated heterocycles. The van der Waals surface area contributed by atoms with Crippen LogP contribution in [-0.4, -0.2) is 40.1 Å². The summed E-state index contributed by atoms with van der Waals surface area (Å²) in [4.78, 5) is 4.49. The van der Waals surface area contributed by atoms with Crippen LogP contribution in [-0.2, 0) is 17.1 Å². The number of terminal acetylenes is 1. The Morgan fingerprint density at radius 1 is 1.38 bits per heavy atom. The van der Waals surface area contributed by atoms with Crippen LogP contribution in [0.15, 0.2) is 17.2 Å². The third-order valence-corrected chi connectivity index (χ3v) is 6.54. The first kappa shape index (κ1) is 16.9. The first-order valence-corrected chi connectivity index (χ1v) is 9.64. The monoisotopic (exact) mass is 346 g/mol. The summed E-state index contributed by atoms with van der Waals surface area (Å²) in [5, 5.41) is 5.05. The number of hydrogen-bond donors (Lipinski definition) is 0. The van der Waals surface area contributed by atoms with Crippen LogP contribution in [0.4, 0.5) is 0 Å². The van der Waals surface area contributed by atoms with E-state index in [-0.39, 0.29) is 17.5 Å². The predicted octanol–water partition coefficient (Wildman–Crippen LogP) is 2.23. The number of aromatic nitrogens is 3. The van der Waals surface area contributed by atoms with E-state index in [1.165, 1.54) is 10.5 Å². The molecule has 1 aliphatic carbocycles. The Labute approximate surface area is 142 Å². The number of aryl methyl sites for hydroxylation is 2. The molecule has 0 bridgehead atoms. The second kappa shape index (κ2) is 6.54. The fraction of sp³-hybridized carbons (Fsp3) is 0.529. The lowest BCUT2D eigenvalue weighted by Crippen LogP contribution is -2.41. The highest BCUT2D eigenvalue weighted by atomic mass is 32.2. The van der Waals surface area contributed by atoms with Gasteiger partial charge in [0.2, 0.25) is 10.0 Å². The Kier molecular flexibility index (Phi) is 4.61. The summed E-state index contributed by atoms with van der Waals surface area (Å²) in [6.45, 7) is 1.94. The number of fused-ring (bicyclic) bond motifs is 1. The van der Waals surface area contributed by atoms with E-state index >= 15 is 0 Å². The van der Waals surface area contributed by atoms with Crippen molar-refractivity contribution in [2.45, 2.75) is 50.0 Å². The fourth-order valence-corrected chi connectivity index (χ4v) is 5.01. The number of sulfonamides is 1. The van der Waals surface area contributed by atoms with Gasteiger partial charge in [-0.15, -0.1) is 6.42 Å². The lowest BCUT2D eigenvalue weighted by Gasteiger charge is -2.32. The molecule has 0 radical (unpaired) electrons. The second-order valence-corrected chi connectivity index (χ2v) is 8.19. The van der Waals surface area contributed by atoms with Crippen LogP contribution in [0.3, 0.4) is 0 Å². The molecule has 1 saturated carbocycles. The molecule has 2 aromatic heterocycles. The molecule has 0 atom stereocenters. The zero-order valence-electron chi connectivity index (χ0n) is 14.1. The number of rotatable bonds is 4. The van der Waals surface area contributed by atoms with Crippen molar-refractivity contribution in [2.24, 2.45) is 7.05 Å². The highest BCUT2D eigenvalue weighted by Crippen LogP contribution is 2.28. The maximum Gasteiger partial charge on any atom is 0.245 e. The van der Waals surface area contributed by atoms with E-state index in [0.29, 0.717) is 5.65 Å². The first-order chi connectivity index (χ1) is 11.4. The van der Waals surface area contributed by atoms with E-state index in [4.69, 9.17) is 6.42 Å². The highest BCUT2D eigenvalue weighted by Gasteiger charge is 2.32. The van der Waals surface area contributed by atoms with Crippen molar-refractivity contribution in [2.75, 3.05) is 6.54 Å². The SMILES string of the molecule is C#CCN(C1CCCCC1)S(=O)(=O)c1cnc2c(c1)c(C)nn2C. The van der Waals surface area contributed by atoms with Gasteiger partial charge in [0.15, 0.2) is 5.65 Å². The van der Waals surface area contributed by atoms with E-state index < -0.39 is 10.0 Å². The Morgan fingerprint density at radius 2 is 2.08 bits per heavy atom. The molecular weight excluding hydrogens is 324 g/mol. The number of nitrogens with zero attached hydrogens (tertiary/aromatic N) is 4. The van der Waals surface area contributed by atoms with Crippen LogP contribution in [0.2, 0.25) is 0 Å². The molecule has 1 fully saturated rings. The van der Waals surface area contributed by atoms with Gasteiger partial charge < -0.3 is 0 Å². The average Bonchev–Trinajstić information content (AvgIpc) is 2.87. The fourth-order valence-electron chi connectivity index (χ4n) is 3.43. The summed E-state index contributed by atoms with van der Waals surface area (Å²) in [5.41, 5.74) is 1.44. The summed E-state index contributed by atoms with van der Waals surface area (Å²) in [6.07, 6.45) is 11.8. The topological polar surface area (TPSA) is 68.1 Å². The molecule has 0 amide bonds. The lowest BCUT2D eigenvalue weighted by atomic mass is 9.95. The van der Waals surface area contributed by atoms with E-state index in [9.17, 15) is 8.42 Å². The van der Waals surface area contributed by atoms with Gasteiger partial charge in [-0.05, 0) is 25.8 Å². The van der Waals surface area contributed by atoms with Gasteiger partial charge >= 0.3 is 0 Å². The lowest BCUT2D eigenvalue weighted by molar-refractivity contribution is 0.271. The maximum absolute atomic E-state index is 13.1. The van der Waals surface area contributed by atoms with E-state index in [0.717, 1.165) is 43.2 Å². The highest BCUT2D eigenvalue weighted by molar-refractivity contribution is 7.89. The van der Waals surface area contributed by atoms with Gasteiger partial charge in [-0.1, -0.05) is 25.2 Å². The van der Waals surface area contributed by atoms with Crippen LogP contribution in [0.25, 0.3) is 11.0 Å². The van der Waals surface area contributed by atoms with Crippen molar-refractivity contribution in [1.29, 1.82) is 0 Å². The second-order valence-electron chi connectivity index (χ2n) is 6.30. The number of pyridine rings is 1. The summed E-state index contributed by atoms with van der Waals surface area (Å²) in [7, 11) is -1.88. The maximum atomic E-state index is 13.1. The van der Waals surface area contributed by atoms with Crippen molar-refractivity contribution in [1.82, 2.24) is 19.1 Å². The third-order valence-electron chi connectivity index (χ3n) is 4.67. The van der Waals surface area contributed by atoms with Crippen LogP contribution in [0, 0.1) is 19.3 Å². The Balaban J connectivity index is 2.04. The minimum atomic E-state index is -3.67. The molecule has 128 valence electrons. The van der Waals surface area contributed by atoms with Gasteiger partial charge in [0.05, 0.1) is 12.2 Å². The van der Waals surface area contributed by atoms with E-state index in [2.05, 4.69) is 16.0 Å². The molecule has 2 aromatic rings. The molecular formula is C17H22N4O2S. The van der Waals surface area contributed by atoms with Gasteiger partial charge in [0.1, 0.15) is 4.90 Å². The van der Waals surface area contributed by atoms with Gasteiger partial charge in [0.25, 0.3) is 0 Å². The zero-order chi connectivity index (χ0) is 17.3. The summed E-state index contributed by atoms with van der Waals surface area (Å²) < 4.78 is 29.4. The molecule has 7 heteroatoms. The van der Waals surface area contributed by atoms with Crippen LogP contribution < -0.4 is 0 Å². The molecule has 24 heavy (non-hydrogen) atoms. The summed E-state index contributed by atoms with van der Waals surface area (Å²) in [6, 6.07) is 1.64. The molecule has 2 heterocycles. The van der Waals surface area contributed by atoms with Gasteiger partial charge in [-0.2, -0.15) is 9.40 Å². The van der Waals surface area contributed by atoms with Crippen molar-refractivity contribution in [3.63, 3.8) is 0 Å². The Bertz CT molecular complexity index is 889. The van der Waals surface area contributed by atoms with Gasteiger partial charge in [-0.3, -0.25) is 4.68 Å². The molecule has 0 unspecified atom stereocenters. The molecule has 0 aromatic carbocycles. The molecule has 3 rings (SSSR count). The molecule has 0 N–H and O–H groups in total. The molecule has 0 spiro atoms. The smallest absolute Gasteiger partial charge is 0.245 e. The summed E-state index contributed by atoms with van der Waals surface area (Å²) >= 11 is 0. The third kappa shape index (κ3) is 2.92. The minimum absolute atomic E-state index is 0.0227. The van der Waals surface area contributed by atoms with Crippen molar-refractivity contribution in [3.8, 4) is 12.3 Å². The van der Waals surface area contributed by atoms with Crippen LogP contribution >= 0.6 is 0 Å². The van der Waals surface area contributed by atoms with Crippen molar-refractivity contribution in [3.05, 3.63) is 18.0 Å². The van der Waals surface area contributed by atoms with Crippen LogP contribution in [0.1, 0.15) is 37.8 Å². The molecule has 6 nitrogen and oxygen atoms in total. The first-order valence-electron chi connectivity index (χ1n) is 8.20. The van der Waals surface area contributed by atoms with Gasteiger partial charge in [0, 0.05) is 24.7 Å². The summed E-state index contributed by atoms with van der Waals surface area (Å²) in [5.74, 6) is 2.50.